The Bertz CT molecular complexity index is 327. The van der Waals surface area contributed by atoms with Gasteiger partial charge >= 0.3 is 5.97 Å². The van der Waals surface area contributed by atoms with E-state index < -0.39 is 5.97 Å². The van der Waals surface area contributed by atoms with Gasteiger partial charge < -0.3 is 15.3 Å². The van der Waals surface area contributed by atoms with Crippen LogP contribution in [0, 0.1) is 0 Å². The summed E-state index contributed by atoms with van der Waals surface area (Å²) in [6, 6.07) is 10.3. The lowest BCUT2D eigenvalue weighted by atomic mass is 10.2. The first kappa shape index (κ1) is 13.7. The highest BCUT2D eigenvalue weighted by atomic mass is 16.4. The van der Waals surface area contributed by atoms with E-state index in [1.165, 1.54) is 5.56 Å². The molecule has 1 rings (SSSR count). The summed E-state index contributed by atoms with van der Waals surface area (Å²) in [4.78, 5) is 12.5. The van der Waals surface area contributed by atoms with Crippen molar-refractivity contribution >= 4 is 5.97 Å². The highest BCUT2D eigenvalue weighted by molar-refractivity contribution is 5.68. The van der Waals surface area contributed by atoms with E-state index in [0.29, 0.717) is 0 Å². The highest BCUT2D eigenvalue weighted by Crippen LogP contribution is 2.02. The van der Waals surface area contributed by atoms with E-state index >= 15 is 0 Å². The van der Waals surface area contributed by atoms with Gasteiger partial charge in [0.1, 0.15) is 0 Å². The molecule has 0 saturated heterocycles. The molecule has 0 bridgehead atoms. The Labute approximate surface area is 102 Å². The van der Waals surface area contributed by atoms with E-state index in [1.807, 2.05) is 18.2 Å². The van der Waals surface area contributed by atoms with Crippen LogP contribution < -0.4 is 5.32 Å². The van der Waals surface area contributed by atoms with Gasteiger partial charge in [-0.05, 0) is 32.1 Å². The van der Waals surface area contributed by atoms with Gasteiger partial charge in [-0.3, -0.25) is 4.79 Å². The fourth-order valence-electron chi connectivity index (χ4n) is 1.64. The van der Waals surface area contributed by atoms with Crippen LogP contribution >= 0.6 is 0 Å². The van der Waals surface area contributed by atoms with Crippen LogP contribution in [0.15, 0.2) is 30.3 Å². The van der Waals surface area contributed by atoms with Crippen LogP contribution in [0.1, 0.15) is 12.0 Å². The predicted octanol–water partition coefficient (Wildman–Crippen LogP) is 1.18. The molecule has 0 unspecified atom stereocenters. The molecule has 0 saturated carbocycles. The number of carboxylic acids is 1. The largest absolute Gasteiger partial charge is 0.480 e. The Balaban J connectivity index is 2.09. The molecule has 0 amide bonds. The van der Waals surface area contributed by atoms with Crippen LogP contribution in [-0.2, 0) is 11.3 Å². The minimum Gasteiger partial charge on any atom is -0.480 e. The van der Waals surface area contributed by atoms with Gasteiger partial charge in [-0.15, -0.1) is 0 Å². The Morgan fingerprint density at radius 1 is 1.35 bits per heavy atom. The molecule has 0 aliphatic rings. The summed E-state index contributed by atoms with van der Waals surface area (Å²) in [5.74, 6) is -0.803. The maximum atomic E-state index is 10.3. The maximum absolute atomic E-state index is 10.3. The van der Waals surface area contributed by atoms with Crippen molar-refractivity contribution in [2.24, 2.45) is 0 Å². The van der Waals surface area contributed by atoms with Crippen molar-refractivity contribution in [3.63, 3.8) is 0 Å². The van der Waals surface area contributed by atoms with E-state index in [-0.39, 0.29) is 6.54 Å². The Hall–Kier alpha value is -1.39. The number of nitrogens with zero attached hydrogens (tertiary/aromatic N) is 1. The monoisotopic (exact) mass is 236 g/mol. The standard InChI is InChI=1S/C13H20N2O2/c1-15(9-5-8-14-10-13(16)17)11-12-6-3-2-4-7-12/h2-4,6-7,14H,5,8-11H2,1H3,(H,16,17). The van der Waals surface area contributed by atoms with Crippen molar-refractivity contribution < 1.29 is 9.90 Å². The zero-order valence-corrected chi connectivity index (χ0v) is 10.2. The summed E-state index contributed by atoms with van der Waals surface area (Å²) in [6.45, 7) is 2.68. The van der Waals surface area contributed by atoms with Gasteiger partial charge in [-0.2, -0.15) is 0 Å². The molecule has 4 heteroatoms. The molecule has 0 aliphatic carbocycles. The van der Waals surface area contributed by atoms with E-state index in [0.717, 1.165) is 26.1 Å². The average Bonchev–Trinajstić information content (AvgIpc) is 2.29. The van der Waals surface area contributed by atoms with Gasteiger partial charge in [-0.1, -0.05) is 30.3 Å². The van der Waals surface area contributed by atoms with Crippen LogP contribution in [0.4, 0.5) is 0 Å². The molecule has 4 nitrogen and oxygen atoms in total. The topological polar surface area (TPSA) is 52.6 Å². The van der Waals surface area contributed by atoms with Crippen LogP contribution in [0.5, 0.6) is 0 Å². The Kier molecular flexibility index (Phi) is 6.29. The Morgan fingerprint density at radius 2 is 2.06 bits per heavy atom. The lowest BCUT2D eigenvalue weighted by Gasteiger charge is -2.16. The Morgan fingerprint density at radius 3 is 2.71 bits per heavy atom. The molecule has 17 heavy (non-hydrogen) atoms. The molecular formula is C13H20N2O2. The van der Waals surface area contributed by atoms with Gasteiger partial charge in [-0.25, -0.2) is 0 Å². The summed E-state index contributed by atoms with van der Waals surface area (Å²) < 4.78 is 0. The molecule has 1 aromatic carbocycles. The van der Waals surface area contributed by atoms with Crippen molar-refractivity contribution in [1.29, 1.82) is 0 Å². The van der Waals surface area contributed by atoms with Crippen LogP contribution in [0.25, 0.3) is 0 Å². The summed E-state index contributed by atoms with van der Waals surface area (Å²) in [6.07, 6.45) is 0.955. The van der Waals surface area contributed by atoms with E-state index in [1.54, 1.807) is 0 Å². The zero-order valence-electron chi connectivity index (χ0n) is 10.2. The zero-order chi connectivity index (χ0) is 12.5. The van der Waals surface area contributed by atoms with Gasteiger partial charge in [0, 0.05) is 6.54 Å². The number of carbonyl (C=O) groups is 1. The number of aliphatic carboxylic acids is 1. The number of rotatable bonds is 8. The molecule has 1 aromatic rings. The molecular weight excluding hydrogens is 216 g/mol. The van der Waals surface area contributed by atoms with Crippen LogP contribution in [-0.4, -0.2) is 42.7 Å². The second-order valence-electron chi connectivity index (χ2n) is 4.15. The number of hydrogen-bond donors (Lipinski definition) is 2. The first-order chi connectivity index (χ1) is 8.18. The number of benzene rings is 1. The summed E-state index contributed by atoms with van der Waals surface area (Å²) in [7, 11) is 2.07. The van der Waals surface area contributed by atoms with E-state index in [2.05, 4.69) is 29.4 Å². The number of carboxylic acid groups (broad SMARTS) is 1. The summed E-state index contributed by atoms with van der Waals surface area (Å²) in [5.41, 5.74) is 1.30. The third kappa shape index (κ3) is 6.71. The molecule has 2 N–H and O–H groups in total. The van der Waals surface area contributed by atoms with Gasteiger partial charge in [0.2, 0.25) is 0 Å². The summed E-state index contributed by atoms with van der Waals surface area (Å²) >= 11 is 0. The van der Waals surface area contributed by atoms with Crippen molar-refractivity contribution in [2.45, 2.75) is 13.0 Å². The fourth-order valence-corrected chi connectivity index (χ4v) is 1.64. The molecule has 0 spiro atoms. The first-order valence-electron chi connectivity index (χ1n) is 5.83. The number of hydrogen-bond acceptors (Lipinski definition) is 3. The van der Waals surface area contributed by atoms with E-state index in [4.69, 9.17) is 5.11 Å². The van der Waals surface area contributed by atoms with Crippen molar-refractivity contribution in [3.05, 3.63) is 35.9 Å². The SMILES string of the molecule is CN(CCCNCC(=O)O)Cc1ccccc1. The average molecular weight is 236 g/mol. The second-order valence-corrected chi connectivity index (χ2v) is 4.15. The second kappa shape index (κ2) is 7.81. The van der Waals surface area contributed by atoms with Gasteiger partial charge in [0.05, 0.1) is 6.54 Å². The van der Waals surface area contributed by atoms with Crippen molar-refractivity contribution in [1.82, 2.24) is 10.2 Å². The van der Waals surface area contributed by atoms with Crippen LogP contribution in [0.3, 0.4) is 0 Å². The lowest BCUT2D eigenvalue weighted by molar-refractivity contribution is -0.135. The third-order valence-corrected chi connectivity index (χ3v) is 2.46. The third-order valence-electron chi connectivity index (χ3n) is 2.46. The lowest BCUT2D eigenvalue weighted by Crippen LogP contribution is -2.27. The first-order valence-corrected chi connectivity index (χ1v) is 5.83. The normalized spacial score (nSPS) is 10.7. The van der Waals surface area contributed by atoms with E-state index in [9.17, 15) is 4.79 Å². The maximum Gasteiger partial charge on any atom is 0.317 e. The van der Waals surface area contributed by atoms with Crippen LogP contribution in [0.2, 0.25) is 0 Å². The highest BCUT2D eigenvalue weighted by Gasteiger charge is 2.00. The molecule has 0 fully saturated rings. The molecule has 0 atom stereocenters. The number of nitrogens with one attached hydrogen (secondary N) is 1. The fraction of sp³-hybridized carbons (Fsp3) is 0.462. The molecule has 94 valence electrons. The summed E-state index contributed by atoms with van der Waals surface area (Å²) in [5, 5.41) is 11.3. The minimum atomic E-state index is -0.803. The van der Waals surface area contributed by atoms with Gasteiger partial charge in [0.15, 0.2) is 0 Å². The van der Waals surface area contributed by atoms with Gasteiger partial charge in [0.25, 0.3) is 0 Å². The smallest absolute Gasteiger partial charge is 0.317 e. The molecule has 0 aromatic heterocycles. The van der Waals surface area contributed by atoms with Crippen molar-refractivity contribution in [2.75, 3.05) is 26.7 Å². The molecule has 0 heterocycles. The molecule has 0 radical (unpaired) electrons. The minimum absolute atomic E-state index is 0.0440. The van der Waals surface area contributed by atoms with Crippen molar-refractivity contribution in [3.8, 4) is 0 Å². The predicted molar refractivity (Wildman–Crippen MR) is 67.9 cm³/mol. The quantitative estimate of drug-likeness (QED) is 0.666. The molecule has 0 aliphatic heterocycles.